The van der Waals surface area contributed by atoms with Gasteiger partial charge in [-0.1, -0.05) is 25.4 Å². The van der Waals surface area contributed by atoms with Crippen LogP contribution >= 0.6 is 11.6 Å². The third-order valence-corrected chi connectivity index (χ3v) is 4.23. The Morgan fingerprint density at radius 2 is 2.09 bits per heavy atom. The second-order valence-corrected chi connectivity index (χ2v) is 6.45. The molecule has 2 rings (SSSR count). The van der Waals surface area contributed by atoms with Gasteiger partial charge in [0.2, 0.25) is 0 Å². The van der Waals surface area contributed by atoms with Gasteiger partial charge in [0.05, 0.1) is 0 Å². The first-order chi connectivity index (χ1) is 10.5. The van der Waals surface area contributed by atoms with Crippen LogP contribution < -0.4 is 10.2 Å². The average Bonchev–Trinajstić information content (AvgIpc) is 3.00. The summed E-state index contributed by atoms with van der Waals surface area (Å²) in [6.45, 7) is 6.01. The number of nitrogens with one attached hydrogen (secondary N) is 1. The van der Waals surface area contributed by atoms with E-state index in [0.717, 1.165) is 31.7 Å². The first kappa shape index (κ1) is 17.0. The topological polar surface area (TPSA) is 65.5 Å². The maximum Gasteiger partial charge on any atom is 0.251 e. The number of pyridine rings is 1. The van der Waals surface area contributed by atoms with Crippen LogP contribution in [0.3, 0.4) is 0 Å². The van der Waals surface area contributed by atoms with Crippen LogP contribution in [0.1, 0.15) is 43.5 Å². The lowest BCUT2D eigenvalue weighted by atomic mass is 10.0. The molecule has 0 aromatic carbocycles. The molecule has 0 saturated carbocycles. The lowest BCUT2D eigenvalue weighted by Gasteiger charge is -2.22. The highest BCUT2D eigenvalue weighted by Gasteiger charge is 2.20. The standard InChI is InChI=1S/C16H24ClN3O2/c1-11(2)13(5-8-21)18-16(22)12-9-14(17)19-15(10-12)20-6-3-4-7-20/h9-11,13,21H,3-8H2,1-2H3,(H,18,22). The van der Waals surface area contributed by atoms with Crippen molar-refractivity contribution in [1.82, 2.24) is 10.3 Å². The first-order valence-electron chi connectivity index (χ1n) is 7.85. The fourth-order valence-electron chi connectivity index (χ4n) is 2.69. The molecule has 2 heterocycles. The van der Waals surface area contributed by atoms with Gasteiger partial charge in [0.25, 0.3) is 5.91 Å². The molecular weight excluding hydrogens is 302 g/mol. The van der Waals surface area contributed by atoms with Crippen molar-refractivity contribution in [2.45, 2.75) is 39.2 Å². The predicted octanol–water partition coefficient (Wildman–Crippen LogP) is 2.47. The zero-order valence-electron chi connectivity index (χ0n) is 13.2. The molecule has 122 valence electrons. The summed E-state index contributed by atoms with van der Waals surface area (Å²) >= 11 is 6.07. The fraction of sp³-hybridized carbons (Fsp3) is 0.625. The molecule has 1 amide bonds. The van der Waals surface area contributed by atoms with E-state index in [-0.39, 0.29) is 24.5 Å². The van der Waals surface area contributed by atoms with E-state index in [1.807, 2.05) is 13.8 Å². The van der Waals surface area contributed by atoms with Gasteiger partial charge in [-0.3, -0.25) is 4.79 Å². The lowest BCUT2D eigenvalue weighted by molar-refractivity contribution is 0.0916. The second kappa shape index (κ2) is 7.79. The van der Waals surface area contributed by atoms with Gasteiger partial charge in [-0.2, -0.15) is 0 Å². The van der Waals surface area contributed by atoms with Gasteiger partial charge in [0.1, 0.15) is 11.0 Å². The molecule has 1 aromatic rings. The first-order valence-corrected chi connectivity index (χ1v) is 8.23. The van der Waals surface area contributed by atoms with Gasteiger partial charge < -0.3 is 15.3 Å². The number of carbonyl (C=O) groups is 1. The van der Waals surface area contributed by atoms with E-state index < -0.39 is 0 Å². The molecule has 1 unspecified atom stereocenters. The van der Waals surface area contributed by atoms with Crippen molar-refractivity contribution in [3.63, 3.8) is 0 Å². The predicted molar refractivity (Wildman–Crippen MR) is 88.5 cm³/mol. The van der Waals surface area contributed by atoms with E-state index in [1.54, 1.807) is 12.1 Å². The van der Waals surface area contributed by atoms with Crippen molar-refractivity contribution in [1.29, 1.82) is 0 Å². The molecule has 1 aliphatic rings. The summed E-state index contributed by atoms with van der Waals surface area (Å²) in [7, 11) is 0. The summed E-state index contributed by atoms with van der Waals surface area (Å²) in [5, 5.41) is 12.4. The minimum Gasteiger partial charge on any atom is -0.396 e. The number of carbonyl (C=O) groups excluding carboxylic acids is 1. The Morgan fingerprint density at radius 1 is 1.41 bits per heavy atom. The van der Waals surface area contributed by atoms with E-state index in [4.69, 9.17) is 16.7 Å². The molecule has 22 heavy (non-hydrogen) atoms. The lowest BCUT2D eigenvalue weighted by Crippen LogP contribution is -2.39. The summed E-state index contributed by atoms with van der Waals surface area (Å²) in [6.07, 6.45) is 2.82. The summed E-state index contributed by atoms with van der Waals surface area (Å²) in [5.74, 6) is 0.849. The van der Waals surface area contributed by atoms with Crippen LogP contribution in [0.4, 0.5) is 5.82 Å². The van der Waals surface area contributed by atoms with E-state index in [0.29, 0.717) is 17.1 Å². The Morgan fingerprint density at radius 3 is 2.68 bits per heavy atom. The number of nitrogens with zero attached hydrogens (tertiary/aromatic N) is 2. The maximum atomic E-state index is 12.5. The molecule has 1 aliphatic heterocycles. The SMILES string of the molecule is CC(C)C(CCO)NC(=O)c1cc(Cl)nc(N2CCCC2)c1. The molecule has 2 N–H and O–H groups in total. The average molecular weight is 326 g/mol. The van der Waals surface area contributed by atoms with Crippen molar-refractivity contribution in [2.75, 3.05) is 24.6 Å². The number of aromatic nitrogens is 1. The molecule has 0 spiro atoms. The smallest absolute Gasteiger partial charge is 0.251 e. The number of rotatable bonds is 6. The number of hydrogen-bond donors (Lipinski definition) is 2. The number of amides is 1. The fourth-order valence-corrected chi connectivity index (χ4v) is 2.89. The molecular formula is C16H24ClN3O2. The number of anilines is 1. The molecule has 1 atom stereocenters. The van der Waals surface area contributed by atoms with Crippen LogP contribution in [0.5, 0.6) is 0 Å². The van der Waals surface area contributed by atoms with Gasteiger partial charge in [0, 0.05) is 31.3 Å². The van der Waals surface area contributed by atoms with E-state index in [1.165, 1.54) is 0 Å². The molecule has 0 radical (unpaired) electrons. The highest BCUT2D eigenvalue weighted by Crippen LogP contribution is 2.22. The molecule has 1 saturated heterocycles. The quantitative estimate of drug-likeness (QED) is 0.789. The van der Waals surface area contributed by atoms with Gasteiger partial charge in [0.15, 0.2) is 0 Å². The summed E-state index contributed by atoms with van der Waals surface area (Å²) < 4.78 is 0. The summed E-state index contributed by atoms with van der Waals surface area (Å²) in [4.78, 5) is 18.9. The van der Waals surface area contributed by atoms with Gasteiger partial charge in [-0.15, -0.1) is 0 Å². The van der Waals surface area contributed by atoms with Crippen LogP contribution in [0.2, 0.25) is 5.15 Å². The molecule has 1 fully saturated rings. The second-order valence-electron chi connectivity index (χ2n) is 6.07. The Balaban J connectivity index is 2.14. The Hall–Kier alpha value is -1.33. The highest BCUT2D eigenvalue weighted by atomic mass is 35.5. The van der Waals surface area contributed by atoms with E-state index in [9.17, 15) is 4.79 Å². The molecule has 0 bridgehead atoms. The maximum absolute atomic E-state index is 12.5. The number of halogens is 1. The molecule has 6 heteroatoms. The minimum atomic E-state index is -0.170. The summed E-state index contributed by atoms with van der Waals surface area (Å²) in [5.41, 5.74) is 0.519. The molecule has 0 aliphatic carbocycles. The van der Waals surface area contributed by atoms with E-state index >= 15 is 0 Å². The van der Waals surface area contributed by atoms with E-state index in [2.05, 4.69) is 15.2 Å². The van der Waals surface area contributed by atoms with Crippen LogP contribution in [0.15, 0.2) is 12.1 Å². The zero-order valence-corrected chi connectivity index (χ0v) is 13.9. The van der Waals surface area contributed by atoms with Crippen LogP contribution in [-0.4, -0.2) is 41.7 Å². The minimum absolute atomic E-state index is 0.0548. The highest BCUT2D eigenvalue weighted by molar-refractivity contribution is 6.29. The van der Waals surface area contributed by atoms with Crippen molar-refractivity contribution in [3.8, 4) is 0 Å². The largest absolute Gasteiger partial charge is 0.396 e. The van der Waals surface area contributed by atoms with Crippen LogP contribution in [-0.2, 0) is 0 Å². The Kier molecular flexibility index (Phi) is 6.03. The Labute approximate surface area is 136 Å². The van der Waals surface area contributed by atoms with Gasteiger partial charge >= 0.3 is 0 Å². The van der Waals surface area contributed by atoms with Crippen molar-refractivity contribution >= 4 is 23.3 Å². The zero-order chi connectivity index (χ0) is 16.1. The third-order valence-electron chi connectivity index (χ3n) is 4.03. The van der Waals surface area contributed by atoms with Crippen molar-refractivity contribution in [3.05, 3.63) is 22.8 Å². The number of aliphatic hydroxyl groups is 1. The van der Waals surface area contributed by atoms with Crippen LogP contribution in [0.25, 0.3) is 0 Å². The number of aliphatic hydroxyl groups excluding tert-OH is 1. The third kappa shape index (κ3) is 4.34. The van der Waals surface area contributed by atoms with Gasteiger partial charge in [-0.25, -0.2) is 4.98 Å². The Bertz CT molecular complexity index is 516. The monoisotopic (exact) mass is 325 g/mol. The normalized spacial score (nSPS) is 16.1. The molecule has 1 aromatic heterocycles. The van der Waals surface area contributed by atoms with Gasteiger partial charge in [-0.05, 0) is 37.3 Å². The van der Waals surface area contributed by atoms with Crippen molar-refractivity contribution < 1.29 is 9.90 Å². The summed E-state index contributed by atoms with van der Waals surface area (Å²) in [6, 6.07) is 3.33. The van der Waals surface area contributed by atoms with Crippen molar-refractivity contribution in [2.24, 2.45) is 5.92 Å². The van der Waals surface area contributed by atoms with Crippen LogP contribution in [0, 0.1) is 5.92 Å². The number of hydrogen-bond acceptors (Lipinski definition) is 4. The molecule has 5 nitrogen and oxygen atoms in total.